The summed E-state index contributed by atoms with van der Waals surface area (Å²) >= 11 is 6.07. The van der Waals surface area contributed by atoms with Gasteiger partial charge in [0.05, 0.1) is 5.69 Å². The first-order valence-electron chi connectivity index (χ1n) is 7.98. The van der Waals surface area contributed by atoms with Gasteiger partial charge in [-0.25, -0.2) is 9.78 Å². The maximum atomic E-state index is 11.7. The van der Waals surface area contributed by atoms with Gasteiger partial charge in [0.15, 0.2) is 5.15 Å². The van der Waals surface area contributed by atoms with Crippen LogP contribution in [0.2, 0.25) is 5.15 Å². The van der Waals surface area contributed by atoms with E-state index in [4.69, 9.17) is 16.3 Å². The summed E-state index contributed by atoms with van der Waals surface area (Å²) in [7, 11) is 0. The molecule has 23 heavy (non-hydrogen) atoms. The third kappa shape index (κ3) is 6.31. The lowest BCUT2D eigenvalue weighted by Crippen LogP contribution is -2.42. The molecule has 2 rings (SSSR count). The number of hydrogen-bond donors (Lipinski definition) is 1. The first kappa shape index (κ1) is 17.9. The number of ether oxygens (including phenoxy) is 1. The Kier molecular flexibility index (Phi) is 6.18. The average molecular weight is 341 g/mol. The smallest absolute Gasteiger partial charge is 0.407 e. The fraction of sp³-hybridized carbons (Fsp3) is 0.688. The van der Waals surface area contributed by atoms with E-state index in [2.05, 4.69) is 20.2 Å². The van der Waals surface area contributed by atoms with Crippen molar-refractivity contribution in [3.8, 4) is 0 Å². The van der Waals surface area contributed by atoms with Crippen molar-refractivity contribution < 1.29 is 9.53 Å². The molecule has 1 saturated heterocycles. The van der Waals surface area contributed by atoms with E-state index in [-0.39, 0.29) is 6.09 Å². The van der Waals surface area contributed by atoms with Crippen LogP contribution in [0.5, 0.6) is 0 Å². The predicted octanol–water partition coefficient (Wildman–Crippen LogP) is 2.87. The van der Waals surface area contributed by atoms with E-state index >= 15 is 0 Å². The molecule has 0 radical (unpaired) electrons. The Hall–Kier alpha value is -1.40. The quantitative estimate of drug-likeness (QED) is 0.912. The van der Waals surface area contributed by atoms with Crippen LogP contribution in [-0.4, -0.2) is 46.2 Å². The summed E-state index contributed by atoms with van der Waals surface area (Å²) in [6, 6.07) is 0. The number of likely N-dealkylation sites (tertiary alicyclic amines) is 1. The van der Waals surface area contributed by atoms with Crippen molar-refractivity contribution in [3.05, 3.63) is 23.2 Å². The minimum absolute atomic E-state index is 0.355. The molecule has 1 aromatic rings. The number of hydrogen-bond acceptors (Lipinski definition) is 5. The summed E-state index contributed by atoms with van der Waals surface area (Å²) in [4.78, 5) is 22.4. The van der Waals surface area contributed by atoms with Gasteiger partial charge in [-0.3, -0.25) is 9.88 Å². The highest BCUT2D eigenvalue weighted by atomic mass is 35.5. The fourth-order valence-electron chi connectivity index (χ4n) is 2.67. The van der Waals surface area contributed by atoms with Gasteiger partial charge >= 0.3 is 6.09 Å². The summed E-state index contributed by atoms with van der Waals surface area (Å²) in [5, 5.41) is 3.32. The van der Waals surface area contributed by atoms with Crippen LogP contribution in [-0.2, 0) is 11.3 Å². The monoisotopic (exact) mass is 340 g/mol. The summed E-state index contributed by atoms with van der Waals surface area (Å²) in [5.41, 5.74) is 0.334. The molecule has 128 valence electrons. The molecule has 1 N–H and O–H groups in total. The second-order valence-electron chi connectivity index (χ2n) is 6.92. The maximum Gasteiger partial charge on any atom is 0.407 e. The van der Waals surface area contributed by atoms with Crippen molar-refractivity contribution in [1.29, 1.82) is 0 Å². The van der Waals surface area contributed by atoms with Crippen LogP contribution in [0, 0.1) is 5.92 Å². The van der Waals surface area contributed by atoms with Crippen LogP contribution in [0.1, 0.15) is 39.3 Å². The number of alkyl carbamates (subject to hydrolysis) is 1. The highest BCUT2D eigenvalue weighted by molar-refractivity contribution is 6.29. The zero-order chi connectivity index (χ0) is 16.9. The van der Waals surface area contributed by atoms with Crippen LogP contribution in [0.3, 0.4) is 0 Å². The predicted molar refractivity (Wildman–Crippen MR) is 89.3 cm³/mol. The number of amides is 1. The minimum atomic E-state index is -0.467. The summed E-state index contributed by atoms with van der Waals surface area (Å²) in [6.07, 6.45) is 5.09. The number of nitrogens with one attached hydrogen (secondary N) is 1. The Labute approximate surface area is 142 Å². The Morgan fingerprint density at radius 3 is 2.87 bits per heavy atom. The van der Waals surface area contributed by atoms with Crippen LogP contribution in [0.15, 0.2) is 12.4 Å². The van der Waals surface area contributed by atoms with E-state index in [1.54, 1.807) is 12.4 Å². The van der Waals surface area contributed by atoms with Crippen LogP contribution in [0.25, 0.3) is 0 Å². The molecule has 6 nitrogen and oxygen atoms in total. The Balaban J connectivity index is 1.79. The second-order valence-corrected chi connectivity index (χ2v) is 7.28. The van der Waals surface area contributed by atoms with Crippen molar-refractivity contribution in [1.82, 2.24) is 20.2 Å². The van der Waals surface area contributed by atoms with Crippen molar-refractivity contribution >= 4 is 17.7 Å². The Bertz CT molecular complexity index is 533. The molecule has 0 aromatic carbocycles. The highest BCUT2D eigenvalue weighted by Gasteiger charge is 2.23. The Morgan fingerprint density at radius 1 is 1.43 bits per heavy atom. The van der Waals surface area contributed by atoms with Crippen LogP contribution < -0.4 is 5.32 Å². The lowest BCUT2D eigenvalue weighted by atomic mass is 9.98. The van der Waals surface area contributed by atoms with Gasteiger partial charge < -0.3 is 10.1 Å². The third-order valence-corrected chi connectivity index (χ3v) is 3.95. The number of aromatic nitrogens is 2. The molecule has 1 amide bonds. The highest BCUT2D eigenvalue weighted by Crippen LogP contribution is 2.19. The molecule has 2 heterocycles. The van der Waals surface area contributed by atoms with Crippen molar-refractivity contribution in [2.45, 2.75) is 45.8 Å². The van der Waals surface area contributed by atoms with E-state index in [1.165, 1.54) is 0 Å². The van der Waals surface area contributed by atoms with E-state index in [1.807, 2.05) is 20.8 Å². The van der Waals surface area contributed by atoms with Gasteiger partial charge in [-0.2, -0.15) is 0 Å². The SMILES string of the molecule is CC(C)(C)OC(=O)NC[C@H]1CCCN(Cc2nccnc2Cl)C1. The molecule has 0 bridgehead atoms. The summed E-state index contributed by atoms with van der Waals surface area (Å²) in [5.74, 6) is 0.409. The van der Waals surface area contributed by atoms with E-state index < -0.39 is 5.60 Å². The minimum Gasteiger partial charge on any atom is -0.444 e. The summed E-state index contributed by atoms with van der Waals surface area (Å²) in [6.45, 7) is 8.81. The molecule has 0 saturated carbocycles. The maximum absolute atomic E-state index is 11.7. The second kappa shape index (κ2) is 7.93. The Morgan fingerprint density at radius 2 is 2.17 bits per heavy atom. The van der Waals surface area contributed by atoms with E-state index in [9.17, 15) is 4.79 Å². The molecule has 1 aromatic heterocycles. The zero-order valence-electron chi connectivity index (χ0n) is 14.0. The molecular formula is C16H25ClN4O2. The number of nitrogens with zero attached hydrogens (tertiary/aromatic N) is 3. The van der Waals surface area contributed by atoms with Crippen LogP contribution in [0.4, 0.5) is 4.79 Å². The average Bonchev–Trinajstić information content (AvgIpc) is 2.46. The molecular weight excluding hydrogens is 316 g/mol. The summed E-state index contributed by atoms with van der Waals surface area (Å²) < 4.78 is 5.27. The molecule has 0 aliphatic carbocycles. The zero-order valence-corrected chi connectivity index (χ0v) is 14.8. The van der Waals surface area contributed by atoms with Crippen LogP contribution >= 0.6 is 11.6 Å². The van der Waals surface area contributed by atoms with Gasteiger partial charge in [0, 0.05) is 32.0 Å². The molecule has 0 unspecified atom stereocenters. The van der Waals surface area contributed by atoms with Gasteiger partial charge in [0.2, 0.25) is 0 Å². The van der Waals surface area contributed by atoms with E-state index in [0.29, 0.717) is 24.2 Å². The number of carbonyl (C=O) groups excluding carboxylic acids is 1. The van der Waals surface area contributed by atoms with Gasteiger partial charge in [0.1, 0.15) is 5.60 Å². The lowest BCUT2D eigenvalue weighted by Gasteiger charge is -2.32. The molecule has 1 aliphatic heterocycles. The molecule has 1 atom stereocenters. The molecule has 1 aliphatic rings. The van der Waals surface area contributed by atoms with Gasteiger partial charge in [-0.15, -0.1) is 0 Å². The molecule has 1 fully saturated rings. The standard InChI is InChI=1S/C16H25ClN4O2/c1-16(2,3)23-15(22)20-9-12-5-4-8-21(10-12)11-13-14(17)19-7-6-18-13/h6-7,12H,4-5,8-11H2,1-3H3,(H,20,22)/t12-/m1/s1. The number of halogens is 1. The normalized spacial score (nSPS) is 19.4. The lowest BCUT2D eigenvalue weighted by molar-refractivity contribution is 0.0506. The van der Waals surface area contributed by atoms with Gasteiger partial charge in [-0.05, 0) is 46.1 Å². The first-order valence-corrected chi connectivity index (χ1v) is 8.36. The van der Waals surface area contributed by atoms with E-state index in [0.717, 1.165) is 31.6 Å². The number of carbonyl (C=O) groups is 1. The van der Waals surface area contributed by atoms with Crippen molar-refractivity contribution in [2.75, 3.05) is 19.6 Å². The number of rotatable bonds is 4. The van der Waals surface area contributed by atoms with Gasteiger partial charge in [-0.1, -0.05) is 11.6 Å². The largest absolute Gasteiger partial charge is 0.444 e. The van der Waals surface area contributed by atoms with Crippen molar-refractivity contribution in [3.63, 3.8) is 0 Å². The third-order valence-electron chi connectivity index (χ3n) is 3.63. The van der Waals surface area contributed by atoms with Crippen molar-refractivity contribution in [2.24, 2.45) is 5.92 Å². The van der Waals surface area contributed by atoms with Gasteiger partial charge in [0.25, 0.3) is 0 Å². The number of piperidine rings is 1. The first-order chi connectivity index (χ1) is 10.8. The fourth-order valence-corrected chi connectivity index (χ4v) is 2.84. The topological polar surface area (TPSA) is 67.3 Å². The molecule has 7 heteroatoms. The molecule has 0 spiro atoms.